The van der Waals surface area contributed by atoms with Gasteiger partial charge in [-0.05, 0) is 75.0 Å². The number of allylic oxidation sites excluding steroid dienone is 2. The molecule has 386 valence electrons. The van der Waals surface area contributed by atoms with E-state index in [2.05, 4.69) is 45.2 Å². The van der Waals surface area contributed by atoms with Crippen molar-refractivity contribution in [3.05, 3.63) is 95.1 Å². The topological polar surface area (TPSA) is 179 Å². The number of methoxy groups -OCH3 is 2. The van der Waals surface area contributed by atoms with Gasteiger partial charge in [-0.3, -0.25) is 9.59 Å². The highest BCUT2D eigenvalue weighted by Gasteiger charge is 2.60. The standard InChI is InChI=1S/C55H77NO14/c1-11-30(2)49-33(5)22-23-54(70-49)28-40-25-39(69-54)21-20-32(4)48(31(3)16-15-19-38-29-63-51-47(57)34(6)24-41(53(59)66-40)55(38,51)60)67-45-27-43(62-10)50(36(8)65-45)68-44-26-42(61-9)46(35(7)64-44)56-52(58)37-17-13-12-14-18-37/h12-20,22-24,30-31,33,35-36,39-51,57,60H,11,21,25-29H2,1-10H3,(H,56,58)/b16-15+,32-20+,38-19+/t30?,31-,33-,35-,36-,39+,40-,41-,42-,43-,44-,45-,46+,47+,48-,49+,50-,51+,54+,55+/m0/s1. The molecule has 6 aliphatic heterocycles. The van der Waals surface area contributed by atoms with E-state index < -0.39 is 96.8 Å². The monoisotopic (exact) mass is 976 g/mol. The molecule has 4 saturated heterocycles. The van der Waals surface area contributed by atoms with E-state index in [-0.39, 0.29) is 48.9 Å². The van der Waals surface area contributed by atoms with Gasteiger partial charge in [0, 0.05) is 57.3 Å². The van der Waals surface area contributed by atoms with E-state index in [1.165, 1.54) is 0 Å². The van der Waals surface area contributed by atoms with Crippen LogP contribution in [0.4, 0.5) is 0 Å². The van der Waals surface area contributed by atoms with Crippen molar-refractivity contribution >= 4 is 11.9 Å². The van der Waals surface area contributed by atoms with Gasteiger partial charge in [0.15, 0.2) is 18.4 Å². The van der Waals surface area contributed by atoms with Crippen molar-refractivity contribution in [2.75, 3.05) is 20.8 Å². The highest BCUT2D eigenvalue weighted by Crippen LogP contribution is 2.47. The first-order chi connectivity index (χ1) is 33.5. The molecule has 2 bridgehead atoms. The second-order valence-electron chi connectivity index (χ2n) is 20.8. The van der Waals surface area contributed by atoms with Gasteiger partial charge in [0.1, 0.15) is 35.9 Å². The Morgan fingerprint density at radius 3 is 2.34 bits per heavy atom. The van der Waals surface area contributed by atoms with Crippen molar-refractivity contribution < 1.29 is 67.2 Å². The third kappa shape index (κ3) is 11.0. The molecule has 6 heterocycles. The lowest BCUT2D eigenvalue weighted by Crippen LogP contribution is -2.59. The zero-order valence-electron chi connectivity index (χ0n) is 42.6. The SMILES string of the molecule is CCC(C)[C@H]1O[C@]2(C=C[C@@H]1C)C[C@@H]1C[C@@H](C/C=C(\C)[C@@H](O[C@H]3C[C@H](OC)[C@@H](O[C@H]4C[C@H](OC)[C@H](NC(=O)c5ccccc5)[C@H](C)O4)[C@H](C)O3)[C@@H](C)/C=C/C=C3\CO[C@@H]4[C@H](O)C(C)=C[C@@H](C(=O)O1)[C@]34O)O2. The first-order valence-corrected chi connectivity index (χ1v) is 25.5. The van der Waals surface area contributed by atoms with Crippen LogP contribution >= 0.6 is 0 Å². The highest BCUT2D eigenvalue weighted by molar-refractivity contribution is 5.94. The Balaban J connectivity index is 1.03. The number of aliphatic hydroxyl groups is 2. The minimum Gasteiger partial charge on any atom is -0.462 e. The largest absolute Gasteiger partial charge is 0.462 e. The van der Waals surface area contributed by atoms with Crippen LogP contribution in [0, 0.1) is 23.7 Å². The maximum Gasteiger partial charge on any atom is 0.316 e. The first-order valence-electron chi connectivity index (χ1n) is 25.5. The predicted octanol–water partition coefficient (Wildman–Crippen LogP) is 6.82. The molecule has 3 N–H and O–H groups in total. The molecule has 7 aliphatic rings. The van der Waals surface area contributed by atoms with E-state index in [1.54, 1.807) is 45.4 Å². The van der Waals surface area contributed by atoms with Gasteiger partial charge in [0.2, 0.25) is 0 Å². The normalized spacial score (nSPS) is 44.7. The minimum absolute atomic E-state index is 0.0226. The number of nitrogens with one attached hydrogen (secondary N) is 1. The number of aliphatic hydroxyl groups excluding tert-OH is 1. The maximum atomic E-state index is 14.4. The summed E-state index contributed by atoms with van der Waals surface area (Å²) in [6, 6.07) is 8.66. The summed E-state index contributed by atoms with van der Waals surface area (Å²) >= 11 is 0. The van der Waals surface area contributed by atoms with Crippen molar-refractivity contribution in [2.45, 2.75) is 191 Å². The second-order valence-corrected chi connectivity index (χ2v) is 20.8. The predicted molar refractivity (Wildman–Crippen MR) is 259 cm³/mol. The van der Waals surface area contributed by atoms with Crippen LogP contribution in [-0.2, 0) is 52.2 Å². The van der Waals surface area contributed by atoms with Crippen LogP contribution in [0.2, 0.25) is 0 Å². The molecule has 1 aromatic carbocycles. The second kappa shape index (κ2) is 22.3. The molecule has 0 aromatic heterocycles. The molecular weight excluding hydrogens is 899 g/mol. The van der Waals surface area contributed by atoms with E-state index in [0.717, 1.165) is 12.0 Å². The van der Waals surface area contributed by atoms with Crippen LogP contribution < -0.4 is 5.32 Å². The Bertz CT molecular complexity index is 2140. The number of ether oxygens (including phenoxy) is 10. The number of fused-ring (bicyclic) bond motifs is 2. The van der Waals surface area contributed by atoms with Gasteiger partial charge in [0.25, 0.3) is 5.91 Å². The van der Waals surface area contributed by atoms with E-state index in [4.69, 9.17) is 47.4 Å². The van der Waals surface area contributed by atoms with Gasteiger partial charge in [-0.25, -0.2) is 0 Å². The molecule has 1 spiro atoms. The number of amides is 1. The average molecular weight is 976 g/mol. The average Bonchev–Trinajstić information content (AvgIpc) is 3.69. The van der Waals surface area contributed by atoms with Crippen LogP contribution in [0.15, 0.2) is 89.6 Å². The summed E-state index contributed by atoms with van der Waals surface area (Å²) in [5, 5.41) is 26.9. The third-order valence-corrected chi connectivity index (χ3v) is 15.9. The van der Waals surface area contributed by atoms with Crippen molar-refractivity contribution in [2.24, 2.45) is 23.7 Å². The number of rotatable bonds is 10. The maximum absolute atomic E-state index is 14.4. The van der Waals surface area contributed by atoms with E-state index in [9.17, 15) is 19.8 Å². The quantitative estimate of drug-likeness (QED) is 0.164. The minimum atomic E-state index is -1.85. The summed E-state index contributed by atoms with van der Waals surface area (Å²) in [5.74, 6) is -2.83. The molecular formula is C55H77NO14. The molecule has 8 rings (SSSR count). The van der Waals surface area contributed by atoms with Gasteiger partial charge in [-0.15, -0.1) is 0 Å². The fourth-order valence-electron chi connectivity index (χ4n) is 11.6. The number of hydrogen-bond donors (Lipinski definition) is 3. The lowest BCUT2D eigenvalue weighted by molar-refractivity contribution is -0.311. The van der Waals surface area contributed by atoms with Crippen LogP contribution in [0.5, 0.6) is 0 Å². The van der Waals surface area contributed by atoms with Crippen LogP contribution in [-0.4, -0.2) is 140 Å². The van der Waals surface area contributed by atoms with Crippen molar-refractivity contribution in [1.29, 1.82) is 0 Å². The Kier molecular flexibility index (Phi) is 16.8. The van der Waals surface area contributed by atoms with Crippen molar-refractivity contribution in [3.8, 4) is 0 Å². The van der Waals surface area contributed by atoms with Gasteiger partial charge in [0.05, 0.1) is 55.4 Å². The molecule has 15 heteroatoms. The molecule has 1 unspecified atom stereocenters. The van der Waals surface area contributed by atoms with E-state index in [0.29, 0.717) is 42.4 Å². The molecule has 70 heavy (non-hydrogen) atoms. The summed E-state index contributed by atoms with van der Waals surface area (Å²) in [4.78, 5) is 27.5. The molecule has 1 aromatic rings. The number of esters is 1. The lowest BCUT2D eigenvalue weighted by Gasteiger charge is -2.48. The van der Waals surface area contributed by atoms with E-state index in [1.807, 2.05) is 57.2 Å². The summed E-state index contributed by atoms with van der Waals surface area (Å²) in [5.41, 5.74) is 0.656. The lowest BCUT2D eigenvalue weighted by atomic mass is 9.71. The van der Waals surface area contributed by atoms with Crippen LogP contribution in [0.3, 0.4) is 0 Å². The van der Waals surface area contributed by atoms with Gasteiger partial charge >= 0.3 is 5.97 Å². The van der Waals surface area contributed by atoms with Crippen molar-refractivity contribution in [3.63, 3.8) is 0 Å². The van der Waals surface area contributed by atoms with Crippen molar-refractivity contribution in [1.82, 2.24) is 5.32 Å². The number of carbonyl (C=O) groups excluding carboxylic acids is 2. The zero-order valence-corrected chi connectivity index (χ0v) is 42.6. The zero-order chi connectivity index (χ0) is 50.1. The number of carbonyl (C=O) groups is 2. The molecule has 1 aliphatic carbocycles. The fraction of sp³-hybridized carbons (Fsp3) is 0.673. The molecule has 1 amide bonds. The Morgan fingerprint density at radius 2 is 1.61 bits per heavy atom. The van der Waals surface area contributed by atoms with Gasteiger partial charge in [-0.1, -0.05) is 88.8 Å². The number of benzene rings is 1. The Hall–Kier alpha value is -3.58. The summed E-state index contributed by atoms with van der Waals surface area (Å²) in [7, 11) is 3.28. The highest BCUT2D eigenvalue weighted by atomic mass is 16.7. The summed E-state index contributed by atoms with van der Waals surface area (Å²) in [6.45, 7) is 16.2. The molecule has 4 fully saturated rings. The smallest absolute Gasteiger partial charge is 0.316 e. The summed E-state index contributed by atoms with van der Waals surface area (Å²) in [6.07, 6.45) is 9.12. The Morgan fingerprint density at radius 1 is 0.900 bits per heavy atom. The fourth-order valence-corrected chi connectivity index (χ4v) is 11.6. The summed E-state index contributed by atoms with van der Waals surface area (Å²) < 4.78 is 65.0. The van der Waals surface area contributed by atoms with Crippen LogP contribution in [0.25, 0.3) is 0 Å². The first kappa shape index (κ1) is 52.7. The van der Waals surface area contributed by atoms with Crippen LogP contribution in [0.1, 0.15) is 104 Å². The van der Waals surface area contributed by atoms with E-state index >= 15 is 0 Å². The molecule has 20 atom stereocenters. The van der Waals surface area contributed by atoms with Gasteiger partial charge in [-0.2, -0.15) is 0 Å². The Labute approximate surface area is 413 Å². The number of hydrogen-bond acceptors (Lipinski definition) is 14. The van der Waals surface area contributed by atoms with Gasteiger partial charge < -0.3 is 62.9 Å². The molecule has 0 radical (unpaired) electrons. The molecule has 0 saturated carbocycles. The third-order valence-electron chi connectivity index (χ3n) is 15.9. The molecule has 15 nitrogen and oxygen atoms in total.